The van der Waals surface area contributed by atoms with Crippen molar-refractivity contribution < 1.29 is 9.90 Å². The van der Waals surface area contributed by atoms with Gasteiger partial charge in [0, 0.05) is 28.8 Å². The van der Waals surface area contributed by atoms with Gasteiger partial charge in [-0.25, -0.2) is 0 Å². The molecule has 0 amide bonds. The van der Waals surface area contributed by atoms with Gasteiger partial charge in [0.15, 0.2) is 5.78 Å². The molecule has 25 heavy (non-hydrogen) atoms. The molecular weight excluding hydrogens is 310 g/mol. The van der Waals surface area contributed by atoms with E-state index in [-0.39, 0.29) is 17.2 Å². The first-order valence-electron chi connectivity index (χ1n) is 9.56. The molecule has 0 radical (unpaired) electrons. The number of allylic oxidation sites excluding steroid dienone is 1. The Kier molecular flexibility index (Phi) is 4.80. The first kappa shape index (κ1) is 18.2. The summed E-state index contributed by atoms with van der Waals surface area (Å²) in [6.07, 6.45) is 8.34. The summed E-state index contributed by atoms with van der Waals surface area (Å²) in [5.74, 6) is 0.425. The summed E-state index contributed by atoms with van der Waals surface area (Å²) >= 11 is 0. The number of benzene rings is 1. The molecule has 1 heterocycles. The van der Waals surface area contributed by atoms with Crippen LogP contribution < -0.4 is 5.32 Å². The molecule has 136 valence electrons. The van der Waals surface area contributed by atoms with Gasteiger partial charge in [0.05, 0.1) is 5.60 Å². The van der Waals surface area contributed by atoms with Crippen molar-refractivity contribution in [3.05, 3.63) is 41.0 Å². The highest BCUT2D eigenvalue weighted by Crippen LogP contribution is 2.34. The lowest BCUT2D eigenvalue weighted by molar-refractivity contribution is -0.119. The molecule has 1 aliphatic heterocycles. The fraction of sp³-hybridized carbons (Fsp3) is 0.591. The highest BCUT2D eigenvalue weighted by Gasteiger charge is 2.30. The smallest absolute Gasteiger partial charge is 0.160 e. The van der Waals surface area contributed by atoms with Crippen LogP contribution in [-0.4, -0.2) is 16.4 Å². The molecule has 0 bridgehead atoms. The average Bonchev–Trinajstić information content (AvgIpc) is 2.53. The number of carbonyl (C=O) groups is 1. The molecule has 0 atom stereocenters. The van der Waals surface area contributed by atoms with Crippen LogP contribution in [0.4, 0.5) is 0 Å². The normalized spacial score (nSPS) is 22.4. The molecule has 1 aromatic carbocycles. The van der Waals surface area contributed by atoms with E-state index in [9.17, 15) is 9.90 Å². The fourth-order valence-corrected chi connectivity index (χ4v) is 4.08. The van der Waals surface area contributed by atoms with E-state index < -0.39 is 5.60 Å². The Labute approximate surface area is 151 Å². The van der Waals surface area contributed by atoms with Gasteiger partial charge in [-0.2, -0.15) is 0 Å². The van der Waals surface area contributed by atoms with Gasteiger partial charge in [-0.15, -0.1) is 0 Å². The van der Waals surface area contributed by atoms with E-state index >= 15 is 0 Å². The molecule has 0 aromatic heterocycles. The van der Waals surface area contributed by atoms with Gasteiger partial charge in [0.25, 0.3) is 0 Å². The number of nitrogens with one attached hydrogen (secondary N) is 1. The van der Waals surface area contributed by atoms with Crippen LogP contribution in [0.5, 0.6) is 0 Å². The van der Waals surface area contributed by atoms with Crippen LogP contribution >= 0.6 is 0 Å². The van der Waals surface area contributed by atoms with Gasteiger partial charge in [-0.1, -0.05) is 31.4 Å². The summed E-state index contributed by atoms with van der Waals surface area (Å²) in [6, 6.07) is 6.14. The second kappa shape index (κ2) is 6.60. The van der Waals surface area contributed by atoms with Crippen molar-refractivity contribution in [1.82, 2.24) is 5.32 Å². The number of fused-ring (bicyclic) bond motifs is 1. The SMILES string of the molecule is CC1(C)Cc2ccc(C(C)(C)O)cc2C(=CC(=O)C2CCCCC2)N1. The summed E-state index contributed by atoms with van der Waals surface area (Å²) in [6.45, 7) is 7.93. The van der Waals surface area contributed by atoms with Crippen molar-refractivity contribution in [3.63, 3.8) is 0 Å². The first-order chi connectivity index (χ1) is 11.7. The lowest BCUT2D eigenvalue weighted by atomic mass is 9.81. The summed E-state index contributed by atoms with van der Waals surface area (Å²) in [4.78, 5) is 12.8. The van der Waals surface area contributed by atoms with Crippen molar-refractivity contribution in [2.45, 2.75) is 77.4 Å². The maximum atomic E-state index is 12.8. The summed E-state index contributed by atoms with van der Waals surface area (Å²) in [5.41, 5.74) is 3.11. The number of carbonyl (C=O) groups excluding carboxylic acids is 1. The zero-order valence-electron chi connectivity index (χ0n) is 16.0. The topological polar surface area (TPSA) is 49.3 Å². The van der Waals surface area contributed by atoms with E-state index in [0.717, 1.165) is 48.9 Å². The summed E-state index contributed by atoms with van der Waals surface area (Å²) in [7, 11) is 0. The Morgan fingerprint density at radius 1 is 1.24 bits per heavy atom. The van der Waals surface area contributed by atoms with Gasteiger partial charge >= 0.3 is 0 Å². The minimum absolute atomic E-state index is 0.0814. The molecule has 3 heteroatoms. The second-order valence-electron chi connectivity index (χ2n) is 8.91. The molecule has 1 fully saturated rings. The molecule has 3 nitrogen and oxygen atoms in total. The van der Waals surface area contributed by atoms with Gasteiger partial charge in [0.1, 0.15) is 0 Å². The van der Waals surface area contributed by atoms with Gasteiger partial charge < -0.3 is 10.4 Å². The molecule has 2 N–H and O–H groups in total. The molecule has 1 aliphatic carbocycles. The zero-order chi connectivity index (χ0) is 18.2. The number of hydrogen-bond donors (Lipinski definition) is 2. The van der Waals surface area contributed by atoms with E-state index in [4.69, 9.17) is 0 Å². The van der Waals surface area contributed by atoms with E-state index in [1.54, 1.807) is 13.8 Å². The van der Waals surface area contributed by atoms with Crippen molar-refractivity contribution >= 4 is 11.5 Å². The molecule has 2 aliphatic rings. The number of hydrogen-bond acceptors (Lipinski definition) is 3. The van der Waals surface area contributed by atoms with Gasteiger partial charge in [0.2, 0.25) is 0 Å². The lowest BCUT2D eigenvalue weighted by Gasteiger charge is -2.36. The maximum Gasteiger partial charge on any atom is 0.160 e. The van der Waals surface area contributed by atoms with Gasteiger partial charge in [-0.3, -0.25) is 4.79 Å². The quantitative estimate of drug-likeness (QED) is 0.805. The standard InChI is InChI=1S/C22H31NO2/c1-21(2)14-16-10-11-17(22(3,4)25)12-18(16)19(23-21)13-20(24)15-8-6-5-7-9-15/h10-13,15,23,25H,5-9,14H2,1-4H3. The Balaban J connectivity index is 1.98. The van der Waals surface area contributed by atoms with E-state index in [2.05, 4.69) is 25.2 Å². The van der Waals surface area contributed by atoms with Crippen LogP contribution in [0, 0.1) is 5.92 Å². The largest absolute Gasteiger partial charge is 0.386 e. The summed E-state index contributed by atoms with van der Waals surface area (Å²) in [5, 5.41) is 13.9. The van der Waals surface area contributed by atoms with Crippen molar-refractivity contribution in [2.75, 3.05) is 0 Å². The zero-order valence-corrected chi connectivity index (χ0v) is 16.0. The molecule has 3 rings (SSSR count). The molecule has 1 saturated carbocycles. The van der Waals surface area contributed by atoms with Crippen molar-refractivity contribution in [3.8, 4) is 0 Å². The Hall–Kier alpha value is -1.61. The van der Waals surface area contributed by atoms with Crippen molar-refractivity contribution in [2.24, 2.45) is 5.92 Å². The number of rotatable bonds is 3. The predicted octanol–water partition coefficient (Wildman–Crippen LogP) is 4.33. The Morgan fingerprint density at radius 3 is 2.56 bits per heavy atom. The minimum Gasteiger partial charge on any atom is -0.386 e. The predicted molar refractivity (Wildman–Crippen MR) is 102 cm³/mol. The van der Waals surface area contributed by atoms with Crippen LogP contribution in [0.15, 0.2) is 24.3 Å². The monoisotopic (exact) mass is 341 g/mol. The third kappa shape index (κ3) is 4.14. The van der Waals surface area contributed by atoms with Crippen LogP contribution in [0.25, 0.3) is 5.70 Å². The summed E-state index contributed by atoms with van der Waals surface area (Å²) < 4.78 is 0. The highest BCUT2D eigenvalue weighted by atomic mass is 16.3. The van der Waals surface area contributed by atoms with Crippen LogP contribution in [0.2, 0.25) is 0 Å². The van der Waals surface area contributed by atoms with E-state index in [1.807, 2.05) is 18.2 Å². The van der Waals surface area contributed by atoms with Gasteiger partial charge in [-0.05, 0) is 64.2 Å². The molecule has 0 unspecified atom stereocenters. The minimum atomic E-state index is -0.888. The maximum absolute atomic E-state index is 12.8. The van der Waals surface area contributed by atoms with E-state index in [0.29, 0.717) is 0 Å². The second-order valence-corrected chi connectivity index (χ2v) is 8.91. The average molecular weight is 341 g/mol. The third-order valence-electron chi connectivity index (χ3n) is 5.51. The Morgan fingerprint density at radius 2 is 1.92 bits per heavy atom. The van der Waals surface area contributed by atoms with Crippen LogP contribution in [-0.2, 0) is 16.8 Å². The molecule has 0 spiro atoms. The van der Waals surface area contributed by atoms with Crippen LogP contribution in [0.1, 0.15) is 76.5 Å². The molecular formula is C22H31NO2. The third-order valence-corrected chi connectivity index (χ3v) is 5.51. The highest BCUT2D eigenvalue weighted by molar-refractivity contribution is 5.98. The number of ketones is 1. The molecule has 0 saturated heterocycles. The molecule has 1 aromatic rings. The van der Waals surface area contributed by atoms with Crippen LogP contribution in [0.3, 0.4) is 0 Å². The van der Waals surface area contributed by atoms with Crippen molar-refractivity contribution in [1.29, 1.82) is 0 Å². The first-order valence-corrected chi connectivity index (χ1v) is 9.56. The van der Waals surface area contributed by atoms with E-state index in [1.165, 1.54) is 12.0 Å². The fourth-order valence-electron chi connectivity index (χ4n) is 4.08. The Bertz CT molecular complexity index is 688. The number of aliphatic hydroxyl groups is 1. The lowest BCUT2D eigenvalue weighted by Crippen LogP contribution is -2.44.